The Hall–Kier alpha value is -1.26. The largest absolute Gasteiger partial charge is 0.481 e. The van der Waals surface area contributed by atoms with Gasteiger partial charge in [0.15, 0.2) is 0 Å². The molecule has 0 aromatic heterocycles. The summed E-state index contributed by atoms with van der Waals surface area (Å²) in [5.74, 6) is 5.98. The quantitative estimate of drug-likeness (QED) is 0.112. The average Bonchev–Trinajstić information content (AvgIpc) is 3.78. The Kier molecular flexibility index (Phi) is 14.7. The highest BCUT2D eigenvalue weighted by Crippen LogP contribution is 2.71. The Balaban J connectivity index is 0.000000187. The van der Waals surface area contributed by atoms with Crippen molar-refractivity contribution in [2.24, 2.45) is 105 Å². The summed E-state index contributed by atoms with van der Waals surface area (Å²) in [6.07, 6.45) is 19.1. The third kappa shape index (κ3) is 8.29. The van der Waals surface area contributed by atoms with Gasteiger partial charge in [-0.25, -0.2) is 5.48 Å². The van der Waals surface area contributed by atoms with Gasteiger partial charge in [-0.2, -0.15) is 0 Å². The number of hydrogen-bond donors (Lipinski definition) is 6. The highest BCUT2D eigenvalue weighted by Gasteiger charge is 2.66. The summed E-state index contributed by atoms with van der Waals surface area (Å²) in [5, 5.41) is 53.5. The molecule has 9 nitrogen and oxygen atoms in total. The molecular formula is C53H91NO8. The van der Waals surface area contributed by atoms with Crippen molar-refractivity contribution in [3.63, 3.8) is 0 Å². The highest BCUT2D eigenvalue weighted by atomic mass is 16.6. The Morgan fingerprint density at radius 1 is 0.581 bits per heavy atom. The lowest BCUT2D eigenvalue weighted by Gasteiger charge is -2.64. The fourth-order valence-corrected chi connectivity index (χ4v) is 19.1. The lowest BCUT2D eigenvalue weighted by molar-refractivity contribution is -0.203. The Morgan fingerprint density at radius 3 is 1.35 bits per heavy atom. The zero-order valence-electron chi connectivity index (χ0n) is 40.5. The first-order valence-electron chi connectivity index (χ1n) is 26.1. The fourth-order valence-electron chi connectivity index (χ4n) is 19.1. The number of aliphatic hydroxyl groups excluding tert-OH is 4. The third-order valence-corrected chi connectivity index (χ3v) is 22.2. The molecule has 0 aliphatic heterocycles. The molecule has 0 heterocycles. The van der Waals surface area contributed by atoms with Gasteiger partial charge in [0.05, 0.1) is 31.5 Å². The molecule has 0 aromatic carbocycles. The minimum atomic E-state index is -0.683. The maximum atomic E-state index is 11.9. The molecule has 8 unspecified atom stereocenters. The first kappa shape index (κ1) is 48.7. The second kappa shape index (κ2) is 18.8. The number of hydroxylamine groups is 1. The van der Waals surface area contributed by atoms with Crippen LogP contribution in [0, 0.1) is 105 Å². The number of aliphatic carboxylic acids is 1. The van der Waals surface area contributed by atoms with Crippen molar-refractivity contribution in [1.82, 2.24) is 5.48 Å². The lowest BCUT2D eigenvalue weighted by atomic mass is 9.41. The van der Waals surface area contributed by atoms with Gasteiger partial charge in [-0.05, 0) is 207 Å². The maximum Gasteiger partial charge on any atom is 0.303 e. The van der Waals surface area contributed by atoms with E-state index < -0.39 is 5.97 Å². The van der Waals surface area contributed by atoms with Crippen molar-refractivity contribution in [2.45, 2.75) is 208 Å². The summed E-state index contributed by atoms with van der Waals surface area (Å²) >= 11 is 0. The Morgan fingerprint density at radius 2 is 0.968 bits per heavy atom. The number of rotatable bonds is 11. The topological polar surface area (TPSA) is 157 Å². The van der Waals surface area contributed by atoms with E-state index in [-0.39, 0.29) is 58.4 Å². The molecule has 8 aliphatic carbocycles. The van der Waals surface area contributed by atoms with E-state index in [0.29, 0.717) is 89.3 Å². The van der Waals surface area contributed by atoms with Crippen LogP contribution in [0.3, 0.4) is 0 Å². The number of carbonyl (C=O) groups excluding carboxylic acids is 1. The number of nitrogens with one attached hydrogen (secondary N) is 1. The van der Waals surface area contributed by atoms with Crippen molar-refractivity contribution in [2.75, 3.05) is 7.11 Å². The summed E-state index contributed by atoms with van der Waals surface area (Å²) in [6, 6.07) is 0. The Labute approximate surface area is 376 Å². The Bertz CT molecular complexity index is 1560. The van der Waals surface area contributed by atoms with Gasteiger partial charge in [0, 0.05) is 12.8 Å². The first-order chi connectivity index (χ1) is 29.3. The molecule has 0 bridgehead atoms. The van der Waals surface area contributed by atoms with Gasteiger partial charge in [-0.15, -0.1) is 0 Å². The fraction of sp³-hybridized carbons (Fsp3) is 0.962. The predicted molar refractivity (Wildman–Crippen MR) is 243 cm³/mol. The molecule has 0 spiro atoms. The molecule has 9 heteroatoms. The van der Waals surface area contributed by atoms with Gasteiger partial charge in [0.25, 0.3) is 0 Å². The monoisotopic (exact) mass is 870 g/mol. The molecule has 8 fully saturated rings. The SMILES string of the molecule is CC[C@H]1[C@@H](O)C2C3CCC([C@H](C)CCC(=O)NOC)[C@@]3(C)CCC2[C@@]2(C)CC[C@@H](O)C[C@@H]12.CC[C@H]1[C@@H](O)C2C3CCC([C@H](C)CCC(=O)O)[C@@]3(C)CCC2[C@@]2(C)CC[C@@H](O)C[C@@H]12. The summed E-state index contributed by atoms with van der Waals surface area (Å²) in [7, 11) is 1.49. The maximum absolute atomic E-state index is 11.9. The van der Waals surface area contributed by atoms with Gasteiger partial charge in [0.2, 0.25) is 5.91 Å². The van der Waals surface area contributed by atoms with Crippen LogP contribution in [0.2, 0.25) is 0 Å². The minimum Gasteiger partial charge on any atom is -0.481 e. The minimum absolute atomic E-state index is 0.0327. The van der Waals surface area contributed by atoms with Crippen molar-refractivity contribution < 1.29 is 40.0 Å². The van der Waals surface area contributed by atoms with Crippen LogP contribution in [0.25, 0.3) is 0 Å². The predicted octanol–water partition coefficient (Wildman–Crippen LogP) is 9.82. The molecule has 0 aromatic rings. The second-order valence-electron chi connectivity index (χ2n) is 24.4. The number of amides is 1. The van der Waals surface area contributed by atoms with Gasteiger partial charge >= 0.3 is 5.97 Å². The molecule has 6 N–H and O–H groups in total. The van der Waals surface area contributed by atoms with Gasteiger partial charge < -0.3 is 25.5 Å². The van der Waals surface area contributed by atoms with E-state index in [2.05, 4.69) is 60.9 Å². The van der Waals surface area contributed by atoms with Crippen LogP contribution in [0.15, 0.2) is 0 Å². The smallest absolute Gasteiger partial charge is 0.303 e. The number of hydrogen-bond acceptors (Lipinski definition) is 7. The normalized spacial score (nSPS) is 50.2. The van der Waals surface area contributed by atoms with Gasteiger partial charge in [-0.1, -0.05) is 68.2 Å². The molecule has 62 heavy (non-hydrogen) atoms. The average molecular weight is 870 g/mol. The van der Waals surface area contributed by atoms with E-state index in [9.17, 15) is 30.0 Å². The molecule has 22 atom stereocenters. The van der Waals surface area contributed by atoms with Crippen LogP contribution < -0.4 is 5.48 Å². The van der Waals surface area contributed by atoms with Crippen molar-refractivity contribution in [3.05, 3.63) is 0 Å². The molecule has 8 rings (SSSR count). The van der Waals surface area contributed by atoms with Crippen LogP contribution in [0.5, 0.6) is 0 Å². The molecule has 8 saturated carbocycles. The second-order valence-corrected chi connectivity index (χ2v) is 24.4. The number of aliphatic hydroxyl groups is 4. The van der Waals surface area contributed by atoms with E-state index in [0.717, 1.165) is 64.2 Å². The van der Waals surface area contributed by atoms with E-state index >= 15 is 0 Å². The summed E-state index contributed by atoms with van der Waals surface area (Å²) in [6.45, 7) is 19.0. The van der Waals surface area contributed by atoms with Crippen LogP contribution in [0.4, 0.5) is 0 Å². The van der Waals surface area contributed by atoms with Crippen molar-refractivity contribution in [1.29, 1.82) is 0 Å². The molecule has 1 amide bonds. The molecular weight excluding hydrogens is 779 g/mol. The van der Waals surface area contributed by atoms with E-state index in [4.69, 9.17) is 9.94 Å². The molecule has 356 valence electrons. The molecule has 0 saturated heterocycles. The number of fused-ring (bicyclic) bond motifs is 10. The van der Waals surface area contributed by atoms with Crippen molar-refractivity contribution >= 4 is 11.9 Å². The number of carbonyl (C=O) groups is 2. The van der Waals surface area contributed by atoms with Gasteiger partial charge in [0.1, 0.15) is 0 Å². The summed E-state index contributed by atoms with van der Waals surface area (Å²) in [4.78, 5) is 27.8. The summed E-state index contributed by atoms with van der Waals surface area (Å²) < 4.78 is 0. The zero-order chi connectivity index (χ0) is 45.1. The van der Waals surface area contributed by atoms with Crippen LogP contribution >= 0.6 is 0 Å². The molecule has 8 aliphatic rings. The van der Waals surface area contributed by atoms with Gasteiger partial charge in [-0.3, -0.25) is 14.4 Å². The lowest BCUT2D eigenvalue weighted by Crippen LogP contribution is -2.62. The first-order valence-corrected chi connectivity index (χ1v) is 26.1. The van der Waals surface area contributed by atoms with Crippen LogP contribution in [0.1, 0.15) is 184 Å². The number of carboxylic acids is 1. The highest BCUT2D eigenvalue weighted by molar-refractivity contribution is 5.74. The standard InChI is InChI=1S/C27H47NO4.C26H44O4/c1-6-18-22-15-17(29)11-13-27(22,4)21-12-14-26(3)19(8-9-20(26)24(21)25(18)31)16(2)7-10-23(30)28-32-5;1-5-17-21-14-16(27)10-12-26(21,4)20-11-13-25(3)18(15(2)6-9-22(28)29)7-8-19(25)23(20)24(17)30/h16-22,24-25,29,31H,6-15H2,1-5H3,(H,28,30);15-21,23-24,27,30H,5-14H2,1-4H3,(H,28,29)/t16-,17-,18-,19?,20?,21?,22+,24?,25-,26-,27-;15-,16-,17-,18?,19?,20?,21+,23?,24-,25-,26-/m11/s1. The number of carboxylic acid groups (broad SMARTS) is 1. The summed E-state index contributed by atoms with van der Waals surface area (Å²) in [5.41, 5.74) is 3.45. The van der Waals surface area contributed by atoms with Crippen molar-refractivity contribution in [3.8, 4) is 0 Å². The third-order valence-electron chi connectivity index (χ3n) is 22.2. The van der Waals surface area contributed by atoms with Crippen LogP contribution in [-0.4, -0.2) is 68.9 Å². The van der Waals surface area contributed by atoms with E-state index in [1.54, 1.807) is 0 Å². The zero-order valence-corrected chi connectivity index (χ0v) is 40.5. The van der Waals surface area contributed by atoms with E-state index in [1.165, 1.54) is 58.5 Å². The molecule has 0 radical (unpaired) electrons. The van der Waals surface area contributed by atoms with E-state index in [1.807, 2.05) is 0 Å². The van der Waals surface area contributed by atoms with Crippen LogP contribution in [-0.2, 0) is 14.4 Å².